The summed E-state index contributed by atoms with van der Waals surface area (Å²) < 4.78 is 0. The van der Waals surface area contributed by atoms with Gasteiger partial charge >= 0.3 is 0 Å². The summed E-state index contributed by atoms with van der Waals surface area (Å²) in [6, 6.07) is 2.50. The molecule has 1 aliphatic carbocycles. The average Bonchev–Trinajstić information content (AvgIpc) is 3.28. The van der Waals surface area contributed by atoms with Crippen LogP contribution in [0.4, 0.5) is 11.6 Å². The van der Waals surface area contributed by atoms with Crippen LogP contribution in [-0.2, 0) is 0 Å². The predicted molar refractivity (Wildman–Crippen MR) is 75.7 cm³/mol. The fourth-order valence-electron chi connectivity index (χ4n) is 2.47. The molecule has 0 amide bonds. The van der Waals surface area contributed by atoms with Gasteiger partial charge in [-0.1, -0.05) is 0 Å². The minimum atomic E-state index is 0.416. The van der Waals surface area contributed by atoms with Gasteiger partial charge in [-0.05, 0) is 12.8 Å². The molecule has 3 heterocycles. The topological polar surface area (TPSA) is 66.8 Å². The number of anilines is 2. The largest absolute Gasteiger partial charge is 0.364 e. The van der Waals surface area contributed by atoms with Gasteiger partial charge in [0.1, 0.15) is 18.0 Å². The molecule has 6 heteroatoms. The Bertz CT molecular complexity index is 592. The molecule has 2 aromatic rings. The minimum absolute atomic E-state index is 0.416. The van der Waals surface area contributed by atoms with E-state index in [0.717, 1.165) is 24.7 Å². The van der Waals surface area contributed by atoms with Crippen LogP contribution in [0.5, 0.6) is 0 Å². The lowest BCUT2D eigenvalue weighted by atomic mass is 10.1. The molecule has 2 fully saturated rings. The van der Waals surface area contributed by atoms with E-state index >= 15 is 0 Å². The van der Waals surface area contributed by atoms with Crippen molar-refractivity contribution in [2.75, 3.05) is 23.3 Å². The zero-order valence-corrected chi connectivity index (χ0v) is 11.1. The van der Waals surface area contributed by atoms with Crippen LogP contribution in [0.15, 0.2) is 31.0 Å². The fraction of sp³-hybridized carbons (Fsp3) is 0.429. The maximum atomic E-state index is 4.34. The van der Waals surface area contributed by atoms with Crippen molar-refractivity contribution in [3.05, 3.63) is 36.7 Å². The summed E-state index contributed by atoms with van der Waals surface area (Å²) in [7, 11) is 0. The van der Waals surface area contributed by atoms with Crippen molar-refractivity contribution in [2.24, 2.45) is 0 Å². The van der Waals surface area contributed by atoms with Gasteiger partial charge in [-0.3, -0.25) is 4.98 Å². The number of nitrogens with zero attached hydrogens (tertiary/aromatic N) is 5. The van der Waals surface area contributed by atoms with Crippen molar-refractivity contribution in [3.63, 3.8) is 0 Å². The summed E-state index contributed by atoms with van der Waals surface area (Å²) in [5.41, 5.74) is 1.17. The van der Waals surface area contributed by atoms with Gasteiger partial charge in [0.25, 0.3) is 0 Å². The molecule has 0 radical (unpaired) electrons. The molecule has 1 N–H and O–H groups in total. The molecule has 1 saturated carbocycles. The Kier molecular flexibility index (Phi) is 2.72. The normalized spacial score (nSPS) is 18.7. The smallest absolute Gasteiger partial charge is 0.147 e. The first-order valence-corrected chi connectivity index (χ1v) is 6.98. The maximum Gasteiger partial charge on any atom is 0.147 e. The molecule has 1 saturated heterocycles. The van der Waals surface area contributed by atoms with Crippen LogP contribution in [0.1, 0.15) is 24.5 Å². The monoisotopic (exact) mass is 268 g/mol. The van der Waals surface area contributed by atoms with Crippen molar-refractivity contribution in [1.29, 1.82) is 0 Å². The Morgan fingerprint density at radius 1 is 1.10 bits per heavy atom. The lowest BCUT2D eigenvalue weighted by molar-refractivity contribution is 0.542. The average molecular weight is 268 g/mol. The molecule has 4 rings (SSSR count). The van der Waals surface area contributed by atoms with E-state index < -0.39 is 0 Å². The number of aromatic nitrogens is 4. The first kappa shape index (κ1) is 11.6. The molecular formula is C14H16N6. The number of nitrogens with one attached hydrogen (secondary N) is 1. The standard InChI is InChI=1S/C14H16N6/c1-2-10(1)12-5-13(18-9-17-12)19-11-7-20(8-11)14-6-15-3-4-16-14/h3-6,9-11H,1-2,7-8H2,(H,17,18,19). The first-order valence-electron chi connectivity index (χ1n) is 6.98. The molecule has 0 unspecified atom stereocenters. The van der Waals surface area contributed by atoms with E-state index in [1.54, 1.807) is 24.9 Å². The van der Waals surface area contributed by atoms with Gasteiger partial charge < -0.3 is 10.2 Å². The van der Waals surface area contributed by atoms with Gasteiger partial charge in [0, 0.05) is 43.2 Å². The van der Waals surface area contributed by atoms with Gasteiger partial charge in [-0.25, -0.2) is 15.0 Å². The second-order valence-corrected chi connectivity index (χ2v) is 5.41. The lowest BCUT2D eigenvalue weighted by Crippen LogP contribution is -2.55. The van der Waals surface area contributed by atoms with Crippen LogP contribution in [0.2, 0.25) is 0 Å². The second kappa shape index (κ2) is 4.70. The van der Waals surface area contributed by atoms with E-state index in [4.69, 9.17) is 0 Å². The molecule has 2 aromatic heterocycles. The Hall–Kier alpha value is -2.24. The molecule has 2 aliphatic rings. The summed E-state index contributed by atoms with van der Waals surface area (Å²) in [5.74, 6) is 2.54. The van der Waals surface area contributed by atoms with Crippen molar-refractivity contribution in [1.82, 2.24) is 19.9 Å². The van der Waals surface area contributed by atoms with E-state index in [9.17, 15) is 0 Å². The van der Waals surface area contributed by atoms with Gasteiger partial charge in [0.2, 0.25) is 0 Å². The summed E-state index contributed by atoms with van der Waals surface area (Å²) in [4.78, 5) is 19.2. The van der Waals surface area contributed by atoms with E-state index in [2.05, 4.69) is 36.2 Å². The van der Waals surface area contributed by atoms with Gasteiger partial charge in [0.15, 0.2) is 0 Å². The van der Waals surface area contributed by atoms with Gasteiger partial charge in [-0.2, -0.15) is 0 Å². The SMILES string of the molecule is c1cnc(N2CC(Nc3cc(C4CC4)ncn3)C2)cn1. The number of hydrogen-bond donors (Lipinski definition) is 1. The molecule has 0 spiro atoms. The van der Waals surface area contributed by atoms with Crippen molar-refractivity contribution in [3.8, 4) is 0 Å². The zero-order chi connectivity index (χ0) is 13.4. The molecule has 0 atom stereocenters. The summed E-state index contributed by atoms with van der Waals surface area (Å²) in [6.07, 6.45) is 9.41. The van der Waals surface area contributed by atoms with E-state index in [1.165, 1.54) is 18.5 Å². The Morgan fingerprint density at radius 3 is 2.75 bits per heavy atom. The molecule has 20 heavy (non-hydrogen) atoms. The third-order valence-electron chi connectivity index (χ3n) is 3.79. The quantitative estimate of drug-likeness (QED) is 0.905. The van der Waals surface area contributed by atoms with Gasteiger partial charge in [0.05, 0.1) is 12.2 Å². The highest BCUT2D eigenvalue weighted by Crippen LogP contribution is 2.39. The molecule has 0 aromatic carbocycles. The van der Waals surface area contributed by atoms with Crippen molar-refractivity contribution >= 4 is 11.6 Å². The molecule has 1 aliphatic heterocycles. The van der Waals surface area contributed by atoms with Crippen LogP contribution in [0.3, 0.4) is 0 Å². The van der Waals surface area contributed by atoms with Crippen LogP contribution in [0.25, 0.3) is 0 Å². The molecular weight excluding hydrogens is 252 g/mol. The summed E-state index contributed by atoms with van der Waals surface area (Å²) >= 11 is 0. The third kappa shape index (κ3) is 2.29. The van der Waals surface area contributed by atoms with Crippen molar-refractivity contribution in [2.45, 2.75) is 24.8 Å². The second-order valence-electron chi connectivity index (χ2n) is 5.41. The van der Waals surface area contributed by atoms with Crippen molar-refractivity contribution < 1.29 is 0 Å². The predicted octanol–water partition coefficient (Wildman–Crippen LogP) is 1.44. The number of rotatable bonds is 4. The third-order valence-corrected chi connectivity index (χ3v) is 3.79. The fourth-order valence-corrected chi connectivity index (χ4v) is 2.47. The van der Waals surface area contributed by atoms with Crippen LogP contribution in [0, 0.1) is 0 Å². The Morgan fingerprint density at radius 2 is 2.00 bits per heavy atom. The highest BCUT2D eigenvalue weighted by Gasteiger charge is 2.29. The van der Waals surface area contributed by atoms with Gasteiger partial charge in [-0.15, -0.1) is 0 Å². The number of hydrogen-bond acceptors (Lipinski definition) is 6. The van der Waals surface area contributed by atoms with E-state index in [0.29, 0.717) is 12.0 Å². The Labute approximate surface area is 117 Å². The molecule has 102 valence electrons. The first-order chi connectivity index (χ1) is 9.88. The summed E-state index contributed by atoms with van der Waals surface area (Å²) in [5, 5.41) is 3.46. The van der Waals surface area contributed by atoms with E-state index in [1.807, 2.05) is 0 Å². The summed E-state index contributed by atoms with van der Waals surface area (Å²) in [6.45, 7) is 1.86. The van der Waals surface area contributed by atoms with Crippen LogP contribution >= 0.6 is 0 Å². The molecule has 6 nitrogen and oxygen atoms in total. The minimum Gasteiger partial charge on any atom is -0.364 e. The highest BCUT2D eigenvalue weighted by atomic mass is 15.3. The maximum absolute atomic E-state index is 4.34. The van der Waals surface area contributed by atoms with Crippen LogP contribution < -0.4 is 10.2 Å². The molecule has 0 bridgehead atoms. The lowest BCUT2D eigenvalue weighted by Gasteiger charge is -2.40. The Balaban J connectivity index is 1.36. The zero-order valence-electron chi connectivity index (χ0n) is 11.1. The van der Waals surface area contributed by atoms with Crippen LogP contribution in [-0.4, -0.2) is 39.1 Å². The highest BCUT2D eigenvalue weighted by molar-refractivity contribution is 5.45. The van der Waals surface area contributed by atoms with E-state index in [-0.39, 0.29) is 0 Å².